The number of ether oxygens (including phenoxy) is 2. The lowest BCUT2D eigenvalue weighted by Gasteiger charge is -2.22. The Morgan fingerprint density at radius 3 is 2.38 bits per heavy atom. The summed E-state index contributed by atoms with van der Waals surface area (Å²) < 4.78 is 15.5. The maximum absolute atomic E-state index is 12.3. The number of aromatic nitrogens is 4. The zero-order chi connectivity index (χ0) is 23.7. The van der Waals surface area contributed by atoms with Crippen molar-refractivity contribution >= 4 is 11.5 Å². The van der Waals surface area contributed by atoms with E-state index < -0.39 is 0 Å². The number of Topliss-reactive ketones (excluding diaryl/α,β-unsaturated/α-hetero) is 1. The molecular weight excluding hydrogens is 404 g/mol. The smallest absolute Gasteiger partial charge is 0.180 e. The third-order valence-electron chi connectivity index (χ3n) is 5.78. The number of fused-ring (bicyclic) bond motifs is 3. The van der Waals surface area contributed by atoms with Crippen LogP contribution in [0.3, 0.4) is 0 Å². The van der Waals surface area contributed by atoms with E-state index in [1.54, 1.807) is 7.11 Å². The fraction of sp³-hybridized carbons (Fsp3) is 0.400. The Morgan fingerprint density at radius 1 is 1.16 bits per heavy atom. The van der Waals surface area contributed by atoms with Crippen molar-refractivity contribution in [3.8, 4) is 33.9 Å². The summed E-state index contributed by atoms with van der Waals surface area (Å²) in [6.07, 6.45) is 1.98. The molecule has 0 spiro atoms. The van der Waals surface area contributed by atoms with Crippen LogP contribution in [0.1, 0.15) is 62.1 Å². The van der Waals surface area contributed by atoms with Crippen LogP contribution in [0.25, 0.3) is 28.1 Å². The van der Waals surface area contributed by atoms with Gasteiger partial charge in [0.1, 0.15) is 23.8 Å². The number of carbonyl (C=O) groups is 1. The van der Waals surface area contributed by atoms with E-state index in [9.17, 15) is 4.79 Å². The molecular formula is C25H32N4O3. The number of aryl methyl sites for hydroxylation is 2. The summed E-state index contributed by atoms with van der Waals surface area (Å²) in [6, 6.07) is 3.98. The molecule has 1 aliphatic rings. The predicted octanol–water partition coefficient (Wildman–Crippen LogP) is 5.58. The van der Waals surface area contributed by atoms with Gasteiger partial charge < -0.3 is 9.47 Å². The summed E-state index contributed by atoms with van der Waals surface area (Å²) in [4.78, 5) is 12.3. The lowest BCUT2D eigenvalue weighted by atomic mass is 9.95. The summed E-state index contributed by atoms with van der Waals surface area (Å²) in [5.41, 5.74) is 7.91. The van der Waals surface area contributed by atoms with Crippen LogP contribution in [0, 0.1) is 13.8 Å². The summed E-state index contributed by atoms with van der Waals surface area (Å²) in [6.45, 7) is 13.8. The standard InChI is InChI=1S/C23H26N4O3.C2H6/c1-8-12(2)27-23-17-9-16(21-13(3)24-26(6)14(21)4)19(29-7)10-20(17)30-11-18(23)22(25-27)15(5)28;1-2/h8-10H,11H2,1-7H3;1-2H3/b12-8+;. The lowest BCUT2D eigenvalue weighted by Crippen LogP contribution is -2.10. The number of nitrogens with zero attached hydrogens (tertiary/aromatic N) is 4. The van der Waals surface area contributed by atoms with Gasteiger partial charge in [0.05, 0.1) is 18.5 Å². The third kappa shape index (κ3) is 3.61. The van der Waals surface area contributed by atoms with E-state index in [0.717, 1.165) is 50.8 Å². The van der Waals surface area contributed by atoms with Gasteiger partial charge in [-0.25, -0.2) is 4.68 Å². The molecule has 0 aliphatic carbocycles. The second kappa shape index (κ2) is 9.02. The van der Waals surface area contributed by atoms with Crippen molar-refractivity contribution in [2.75, 3.05) is 7.11 Å². The minimum Gasteiger partial charge on any atom is -0.496 e. The Bertz CT molecular complexity index is 1210. The number of hydrogen-bond acceptors (Lipinski definition) is 5. The molecule has 2 aromatic heterocycles. The summed E-state index contributed by atoms with van der Waals surface area (Å²) in [5.74, 6) is 1.35. The normalized spacial score (nSPS) is 12.3. The van der Waals surface area contributed by atoms with Gasteiger partial charge in [0, 0.05) is 53.7 Å². The molecule has 3 aromatic rings. The number of methoxy groups -OCH3 is 1. The summed E-state index contributed by atoms with van der Waals surface area (Å²) in [7, 11) is 3.59. The zero-order valence-corrected chi connectivity index (χ0v) is 20.5. The van der Waals surface area contributed by atoms with Crippen LogP contribution in [-0.2, 0) is 13.7 Å². The Hall–Kier alpha value is -3.35. The molecule has 1 aliphatic heterocycles. The molecule has 0 amide bonds. The first kappa shape index (κ1) is 23.3. The minimum atomic E-state index is -0.0753. The number of allylic oxidation sites excluding steroid dienone is 2. The van der Waals surface area contributed by atoms with Gasteiger partial charge in [0.2, 0.25) is 0 Å². The van der Waals surface area contributed by atoms with Gasteiger partial charge in [-0.3, -0.25) is 9.48 Å². The Balaban J connectivity index is 0.00000141. The highest BCUT2D eigenvalue weighted by Crippen LogP contribution is 2.46. The van der Waals surface area contributed by atoms with Crippen molar-refractivity contribution in [3.05, 3.63) is 40.9 Å². The van der Waals surface area contributed by atoms with Crippen molar-refractivity contribution < 1.29 is 14.3 Å². The second-order valence-corrected chi connectivity index (χ2v) is 7.58. The van der Waals surface area contributed by atoms with E-state index in [1.165, 1.54) is 6.92 Å². The number of ketones is 1. The molecule has 0 atom stereocenters. The van der Waals surface area contributed by atoms with E-state index in [-0.39, 0.29) is 5.78 Å². The molecule has 7 heteroatoms. The van der Waals surface area contributed by atoms with Gasteiger partial charge in [-0.05, 0) is 33.8 Å². The van der Waals surface area contributed by atoms with Gasteiger partial charge in [0.25, 0.3) is 0 Å². The first-order chi connectivity index (χ1) is 15.3. The molecule has 7 nitrogen and oxygen atoms in total. The molecule has 4 rings (SSSR count). The van der Waals surface area contributed by atoms with Gasteiger partial charge >= 0.3 is 0 Å². The van der Waals surface area contributed by atoms with Gasteiger partial charge in [-0.1, -0.05) is 19.9 Å². The quantitative estimate of drug-likeness (QED) is 0.500. The fourth-order valence-electron chi connectivity index (χ4n) is 4.07. The first-order valence-corrected chi connectivity index (χ1v) is 10.9. The average Bonchev–Trinajstić information content (AvgIpc) is 3.30. The predicted molar refractivity (Wildman–Crippen MR) is 127 cm³/mol. The molecule has 3 heterocycles. The van der Waals surface area contributed by atoms with E-state index in [4.69, 9.17) is 9.47 Å². The van der Waals surface area contributed by atoms with Crippen LogP contribution < -0.4 is 9.47 Å². The topological polar surface area (TPSA) is 71.2 Å². The maximum Gasteiger partial charge on any atom is 0.180 e. The Kier molecular flexibility index (Phi) is 6.57. The van der Waals surface area contributed by atoms with Crippen molar-refractivity contribution in [1.82, 2.24) is 19.6 Å². The van der Waals surface area contributed by atoms with Crippen molar-refractivity contribution in [1.29, 1.82) is 0 Å². The molecule has 0 fully saturated rings. The largest absolute Gasteiger partial charge is 0.496 e. The fourth-order valence-corrected chi connectivity index (χ4v) is 4.07. The van der Waals surface area contributed by atoms with Crippen molar-refractivity contribution in [2.45, 2.75) is 55.1 Å². The Morgan fingerprint density at radius 2 is 1.84 bits per heavy atom. The van der Waals surface area contributed by atoms with Crippen molar-refractivity contribution in [3.63, 3.8) is 0 Å². The maximum atomic E-state index is 12.3. The highest BCUT2D eigenvalue weighted by molar-refractivity contribution is 5.97. The van der Waals surface area contributed by atoms with E-state index in [0.29, 0.717) is 18.1 Å². The van der Waals surface area contributed by atoms with Gasteiger partial charge in [-0.2, -0.15) is 10.2 Å². The molecule has 0 bridgehead atoms. The molecule has 170 valence electrons. The summed E-state index contributed by atoms with van der Waals surface area (Å²) >= 11 is 0. The number of benzene rings is 1. The second-order valence-electron chi connectivity index (χ2n) is 7.58. The van der Waals surface area contributed by atoms with Crippen LogP contribution in [0.15, 0.2) is 18.2 Å². The molecule has 0 N–H and O–H groups in total. The number of rotatable bonds is 4. The number of hydrogen-bond donors (Lipinski definition) is 0. The SMILES string of the molecule is C/C=C(\C)n1nc(C(C)=O)c2c1-c1cc(-c3c(C)nn(C)c3C)c(OC)cc1OC2.CC. The number of carbonyl (C=O) groups excluding carboxylic acids is 1. The highest BCUT2D eigenvalue weighted by Gasteiger charge is 2.30. The molecule has 32 heavy (non-hydrogen) atoms. The minimum absolute atomic E-state index is 0.0753. The first-order valence-electron chi connectivity index (χ1n) is 10.9. The third-order valence-corrected chi connectivity index (χ3v) is 5.78. The van der Waals surface area contributed by atoms with Crippen LogP contribution in [0.4, 0.5) is 0 Å². The molecule has 1 aromatic carbocycles. The summed E-state index contributed by atoms with van der Waals surface area (Å²) in [5, 5.41) is 9.18. The van der Waals surface area contributed by atoms with E-state index in [1.807, 2.05) is 70.1 Å². The van der Waals surface area contributed by atoms with Crippen LogP contribution in [-0.4, -0.2) is 32.5 Å². The van der Waals surface area contributed by atoms with Gasteiger partial charge in [0.15, 0.2) is 5.78 Å². The zero-order valence-electron chi connectivity index (χ0n) is 20.5. The van der Waals surface area contributed by atoms with Crippen molar-refractivity contribution in [2.24, 2.45) is 7.05 Å². The average molecular weight is 437 g/mol. The monoisotopic (exact) mass is 436 g/mol. The molecule has 0 unspecified atom stereocenters. The van der Waals surface area contributed by atoms with Crippen LogP contribution >= 0.6 is 0 Å². The van der Waals surface area contributed by atoms with E-state index in [2.05, 4.69) is 16.3 Å². The molecule has 0 saturated carbocycles. The van der Waals surface area contributed by atoms with Crippen LogP contribution in [0.2, 0.25) is 0 Å². The Labute approximate surface area is 189 Å². The molecule has 0 radical (unpaired) electrons. The molecule has 0 saturated heterocycles. The van der Waals surface area contributed by atoms with Crippen LogP contribution in [0.5, 0.6) is 11.5 Å². The lowest BCUT2D eigenvalue weighted by molar-refractivity contribution is 0.101. The van der Waals surface area contributed by atoms with E-state index >= 15 is 0 Å². The van der Waals surface area contributed by atoms with Gasteiger partial charge in [-0.15, -0.1) is 0 Å². The highest BCUT2D eigenvalue weighted by atomic mass is 16.5.